The molecule has 108 valence electrons. The monoisotopic (exact) mass is 268 g/mol. The van der Waals surface area contributed by atoms with Gasteiger partial charge in [0, 0.05) is 31.5 Å². The molecule has 0 spiro atoms. The molecule has 2 amide bonds. The first-order chi connectivity index (χ1) is 9.22. The van der Waals surface area contributed by atoms with E-state index in [9.17, 15) is 9.59 Å². The highest BCUT2D eigenvalue weighted by Crippen LogP contribution is 2.27. The molecule has 2 N–H and O–H groups in total. The summed E-state index contributed by atoms with van der Waals surface area (Å²) in [6.07, 6.45) is 6.68. The molecule has 5 nitrogen and oxygen atoms in total. The van der Waals surface area contributed by atoms with Gasteiger partial charge in [-0.15, -0.1) is 0 Å². The molecule has 0 aromatic rings. The van der Waals surface area contributed by atoms with E-state index in [0.29, 0.717) is 25.6 Å². The summed E-state index contributed by atoms with van der Waals surface area (Å²) in [7, 11) is 0. The lowest BCUT2D eigenvalue weighted by molar-refractivity contribution is -0.132. The third-order valence-corrected chi connectivity index (χ3v) is 4.01. The van der Waals surface area contributed by atoms with Gasteiger partial charge >= 0.3 is 0 Å². The molecule has 5 heteroatoms. The topological polar surface area (TPSA) is 69.6 Å². The van der Waals surface area contributed by atoms with E-state index >= 15 is 0 Å². The maximum absolute atomic E-state index is 12.0. The van der Waals surface area contributed by atoms with E-state index in [-0.39, 0.29) is 24.3 Å². The van der Waals surface area contributed by atoms with Crippen molar-refractivity contribution in [1.82, 2.24) is 10.2 Å². The summed E-state index contributed by atoms with van der Waals surface area (Å²) >= 11 is 0. The molecule has 0 aromatic heterocycles. The molecule has 2 rings (SSSR count). The molecular weight excluding hydrogens is 244 g/mol. The van der Waals surface area contributed by atoms with Crippen molar-refractivity contribution >= 4 is 11.8 Å². The van der Waals surface area contributed by atoms with Gasteiger partial charge in [-0.2, -0.15) is 0 Å². The molecule has 0 bridgehead atoms. The van der Waals surface area contributed by atoms with E-state index in [4.69, 9.17) is 5.11 Å². The number of rotatable bonds is 7. The number of nitrogens with one attached hydrogen (secondary N) is 1. The van der Waals surface area contributed by atoms with Crippen LogP contribution in [-0.2, 0) is 9.59 Å². The Morgan fingerprint density at radius 3 is 2.42 bits per heavy atom. The average Bonchev–Trinajstić information content (AvgIpc) is 3.08. The van der Waals surface area contributed by atoms with E-state index in [0.717, 1.165) is 38.5 Å². The van der Waals surface area contributed by atoms with Crippen molar-refractivity contribution in [2.75, 3.05) is 19.7 Å². The van der Waals surface area contributed by atoms with Crippen molar-refractivity contribution in [3.63, 3.8) is 0 Å². The average molecular weight is 268 g/mol. The number of aliphatic hydroxyl groups excluding tert-OH is 1. The van der Waals surface area contributed by atoms with Gasteiger partial charge in [0.25, 0.3) is 0 Å². The van der Waals surface area contributed by atoms with Gasteiger partial charge in [0.1, 0.15) is 0 Å². The number of hydrogen-bond acceptors (Lipinski definition) is 3. The van der Waals surface area contributed by atoms with Crippen LogP contribution in [0.15, 0.2) is 0 Å². The van der Waals surface area contributed by atoms with Crippen LogP contribution in [0.1, 0.15) is 44.9 Å². The normalized spacial score (nSPS) is 19.4. The van der Waals surface area contributed by atoms with Gasteiger partial charge in [-0.1, -0.05) is 12.8 Å². The van der Waals surface area contributed by atoms with Crippen molar-refractivity contribution in [2.24, 2.45) is 5.92 Å². The second kappa shape index (κ2) is 6.89. The fourth-order valence-corrected chi connectivity index (χ4v) is 2.77. The van der Waals surface area contributed by atoms with Gasteiger partial charge in [-0.05, 0) is 25.7 Å². The molecule has 2 aliphatic carbocycles. The van der Waals surface area contributed by atoms with Gasteiger partial charge in [-0.25, -0.2) is 0 Å². The molecule has 2 aliphatic rings. The van der Waals surface area contributed by atoms with Gasteiger partial charge in [0.15, 0.2) is 0 Å². The van der Waals surface area contributed by atoms with E-state index in [1.807, 2.05) is 0 Å². The smallest absolute Gasteiger partial charge is 0.224 e. The minimum Gasteiger partial charge on any atom is -0.395 e. The fourth-order valence-electron chi connectivity index (χ4n) is 2.77. The van der Waals surface area contributed by atoms with Crippen LogP contribution in [0, 0.1) is 5.92 Å². The number of carbonyl (C=O) groups is 2. The van der Waals surface area contributed by atoms with Crippen LogP contribution in [0.4, 0.5) is 0 Å². The minimum atomic E-state index is 0.0106. The van der Waals surface area contributed by atoms with Gasteiger partial charge in [0.2, 0.25) is 11.8 Å². The maximum atomic E-state index is 12.0. The Kier molecular flexibility index (Phi) is 5.19. The molecular formula is C14H24N2O3. The minimum absolute atomic E-state index is 0.0106. The summed E-state index contributed by atoms with van der Waals surface area (Å²) in [5.74, 6) is 0.306. The standard InChI is InChI=1S/C14H24N2O3/c17-10-9-16(12-5-6-12)13(18)7-8-15-14(19)11-3-1-2-4-11/h11-12,17H,1-10H2,(H,15,19). The zero-order valence-electron chi connectivity index (χ0n) is 11.4. The summed E-state index contributed by atoms with van der Waals surface area (Å²) in [6, 6.07) is 0.324. The Morgan fingerprint density at radius 1 is 1.16 bits per heavy atom. The second-order valence-corrected chi connectivity index (χ2v) is 5.56. The van der Waals surface area contributed by atoms with E-state index in [1.54, 1.807) is 4.90 Å². The zero-order chi connectivity index (χ0) is 13.7. The van der Waals surface area contributed by atoms with Crippen LogP contribution in [0.3, 0.4) is 0 Å². The van der Waals surface area contributed by atoms with E-state index in [2.05, 4.69) is 5.32 Å². The summed E-state index contributed by atoms with van der Waals surface area (Å²) in [4.78, 5) is 25.5. The third-order valence-electron chi connectivity index (χ3n) is 4.01. The Hall–Kier alpha value is -1.10. The SMILES string of the molecule is O=C(NCCC(=O)N(CCO)C1CC1)C1CCCC1. The number of carbonyl (C=O) groups excluding carboxylic acids is 2. The predicted octanol–water partition coefficient (Wildman–Crippen LogP) is 0.666. The number of nitrogens with zero attached hydrogens (tertiary/aromatic N) is 1. The number of hydrogen-bond donors (Lipinski definition) is 2. The lowest BCUT2D eigenvalue weighted by Gasteiger charge is -2.21. The van der Waals surface area contributed by atoms with Gasteiger partial charge in [0.05, 0.1) is 6.61 Å². The van der Waals surface area contributed by atoms with Crippen molar-refractivity contribution in [3.05, 3.63) is 0 Å². The molecule has 0 aromatic carbocycles. The van der Waals surface area contributed by atoms with Crippen molar-refractivity contribution in [3.8, 4) is 0 Å². The van der Waals surface area contributed by atoms with Gasteiger partial charge < -0.3 is 15.3 Å². The summed E-state index contributed by atoms with van der Waals surface area (Å²) in [5.41, 5.74) is 0. The van der Waals surface area contributed by atoms with Gasteiger partial charge in [-0.3, -0.25) is 9.59 Å². The van der Waals surface area contributed by atoms with E-state index < -0.39 is 0 Å². The van der Waals surface area contributed by atoms with Crippen molar-refractivity contribution < 1.29 is 14.7 Å². The Labute approximate surface area is 114 Å². The number of amides is 2. The second-order valence-electron chi connectivity index (χ2n) is 5.56. The van der Waals surface area contributed by atoms with Crippen LogP contribution in [0.5, 0.6) is 0 Å². The van der Waals surface area contributed by atoms with Crippen molar-refractivity contribution in [2.45, 2.75) is 51.0 Å². The molecule has 0 unspecified atom stereocenters. The lowest BCUT2D eigenvalue weighted by atomic mass is 10.1. The fraction of sp³-hybridized carbons (Fsp3) is 0.857. The maximum Gasteiger partial charge on any atom is 0.224 e. The Morgan fingerprint density at radius 2 is 1.84 bits per heavy atom. The molecule has 2 saturated carbocycles. The first-order valence-corrected chi connectivity index (χ1v) is 7.40. The van der Waals surface area contributed by atoms with Crippen LogP contribution in [-0.4, -0.2) is 47.6 Å². The first kappa shape index (κ1) is 14.3. The summed E-state index contributed by atoms with van der Waals surface area (Å²) in [5, 5.41) is 11.8. The highest BCUT2D eigenvalue weighted by molar-refractivity contribution is 5.81. The third kappa shape index (κ3) is 4.20. The van der Waals surface area contributed by atoms with Crippen LogP contribution in [0.25, 0.3) is 0 Å². The summed E-state index contributed by atoms with van der Waals surface area (Å²) in [6.45, 7) is 0.847. The highest BCUT2D eigenvalue weighted by atomic mass is 16.3. The predicted molar refractivity (Wildman–Crippen MR) is 71.4 cm³/mol. The Balaban J connectivity index is 1.66. The van der Waals surface area contributed by atoms with Crippen LogP contribution >= 0.6 is 0 Å². The molecule has 19 heavy (non-hydrogen) atoms. The summed E-state index contributed by atoms with van der Waals surface area (Å²) < 4.78 is 0. The van der Waals surface area contributed by atoms with Crippen LogP contribution < -0.4 is 5.32 Å². The highest BCUT2D eigenvalue weighted by Gasteiger charge is 2.31. The quantitative estimate of drug-likeness (QED) is 0.713. The largest absolute Gasteiger partial charge is 0.395 e. The molecule has 0 radical (unpaired) electrons. The molecule has 0 aliphatic heterocycles. The lowest BCUT2D eigenvalue weighted by Crippen LogP contribution is -2.38. The molecule has 0 saturated heterocycles. The molecule has 0 heterocycles. The zero-order valence-corrected chi connectivity index (χ0v) is 11.4. The molecule has 2 fully saturated rings. The Bertz CT molecular complexity index is 323. The molecule has 0 atom stereocenters. The first-order valence-electron chi connectivity index (χ1n) is 7.40. The number of aliphatic hydroxyl groups is 1. The van der Waals surface area contributed by atoms with Crippen LogP contribution in [0.2, 0.25) is 0 Å². The van der Waals surface area contributed by atoms with E-state index in [1.165, 1.54) is 0 Å². The van der Waals surface area contributed by atoms with Crippen molar-refractivity contribution in [1.29, 1.82) is 0 Å².